The average Bonchev–Trinajstić information content (AvgIpc) is 3.08. The molecule has 1 unspecified atom stereocenters. The third-order valence-electron chi connectivity index (χ3n) is 3.61. The van der Waals surface area contributed by atoms with Crippen LogP contribution in [0.2, 0.25) is 0 Å². The highest BCUT2D eigenvalue weighted by Crippen LogP contribution is 2.14. The first kappa shape index (κ1) is 15.3. The van der Waals surface area contributed by atoms with E-state index in [1.165, 1.54) is 29.8 Å². The van der Waals surface area contributed by atoms with Crippen molar-refractivity contribution in [3.63, 3.8) is 0 Å². The van der Waals surface area contributed by atoms with E-state index in [2.05, 4.69) is 61.1 Å². The van der Waals surface area contributed by atoms with Crippen LogP contribution in [-0.4, -0.2) is 22.9 Å². The molecule has 4 heteroatoms. The van der Waals surface area contributed by atoms with E-state index in [-0.39, 0.29) is 0 Å². The summed E-state index contributed by atoms with van der Waals surface area (Å²) in [6.45, 7) is 4.32. The summed E-state index contributed by atoms with van der Waals surface area (Å²) in [5.41, 5.74) is 1.19. The standard InChI is InChI=1S/C16H25N3S/c1-13(2)19-10-9-15(18-19)12-14(17-3)6-4-7-16-8-5-11-20-16/h5,8-11,13-14,17H,4,6-7,12H2,1-3H3. The Hall–Kier alpha value is -1.13. The minimum absolute atomic E-state index is 0.440. The zero-order valence-corrected chi connectivity index (χ0v) is 13.5. The fraction of sp³-hybridized carbons (Fsp3) is 0.562. The number of hydrogen-bond donors (Lipinski definition) is 1. The predicted molar refractivity (Wildman–Crippen MR) is 86.4 cm³/mol. The zero-order valence-electron chi connectivity index (χ0n) is 12.7. The zero-order chi connectivity index (χ0) is 14.4. The van der Waals surface area contributed by atoms with E-state index in [1.807, 2.05) is 16.0 Å². The average molecular weight is 291 g/mol. The molecule has 1 atom stereocenters. The monoisotopic (exact) mass is 291 g/mol. The largest absolute Gasteiger partial charge is 0.317 e. The summed E-state index contributed by atoms with van der Waals surface area (Å²) < 4.78 is 2.04. The summed E-state index contributed by atoms with van der Waals surface area (Å²) in [5.74, 6) is 0. The van der Waals surface area contributed by atoms with Gasteiger partial charge in [-0.05, 0) is 57.7 Å². The number of thiophene rings is 1. The van der Waals surface area contributed by atoms with Gasteiger partial charge in [0.2, 0.25) is 0 Å². The third-order valence-corrected chi connectivity index (χ3v) is 4.55. The maximum atomic E-state index is 4.63. The molecule has 0 saturated carbocycles. The second-order valence-corrected chi connectivity index (χ2v) is 6.57. The van der Waals surface area contributed by atoms with Crippen molar-refractivity contribution >= 4 is 11.3 Å². The molecule has 2 rings (SSSR count). The molecule has 0 saturated heterocycles. The normalized spacial score (nSPS) is 13.0. The van der Waals surface area contributed by atoms with Crippen molar-refractivity contribution in [2.45, 2.75) is 51.6 Å². The smallest absolute Gasteiger partial charge is 0.0640 e. The van der Waals surface area contributed by atoms with Crippen LogP contribution >= 0.6 is 11.3 Å². The minimum atomic E-state index is 0.440. The van der Waals surface area contributed by atoms with Crippen LogP contribution in [0.5, 0.6) is 0 Å². The molecule has 0 bridgehead atoms. The molecule has 0 aliphatic rings. The van der Waals surface area contributed by atoms with Crippen LogP contribution in [0.15, 0.2) is 29.8 Å². The van der Waals surface area contributed by atoms with Crippen molar-refractivity contribution in [3.05, 3.63) is 40.3 Å². The van der Waals surface area contributed by atoms with Crippen LogP contribution in [0.4, 0.5) is 0 Å². The Balaban J connectivity index is 1.79. The first-order valence-corrected chi connectivity index (χ1v) is 8.30. The predicted octanol–water partition coefficient (Wildman–Crippen LogP) is 3.68. The number of likely N-dealkylation sites (N-methyl/N-ethyl adjacent to an activating group) is 1. The molecule has 0 aliphatic carbocycles. The molecule has 2 heterocycles. The van der Waals surface area contributed by atoms with Gasteiger partial charge >= 0.3 is 0 Å². The quantitative estimate of drug-likeness (QED) is 0.804. The van der Waals surface area contributed by atoms with Gasteiger partial charge in [0.05, 0.1) is 5.69 Å². The van der Waals surface area contributed by atoms with Crippen LogP contribution < -0.4 is 5.32 Å². The number of nitrogens with one attached hydrogen (secondary N) is 1. The van der Waals surface area contributed by atoms with E-state index in [9.17, 15) is 0 Å². The summed E-state index contributed by atoms with van der Waals surface area (Å²) in [6.07, 6.45) is 6.72. The van der Waals surface area contributed by atoms with Crippen molar-refractivity contribution < 1.29 is 0 Å². The Morgan fingerprint density at radius 1 is 1.35 bits per heavy atom. The highest BCUT2D eigenvalue weighted by Gasteiger charge is 2.10. The summed E-state index contributed by atoms with van der Waals surface area (Å²) in [5, 5.41) is 10.2. The molecule has 0 amide bonds. The van der Waals surface area contributed by atoms with Crippen molar-refractivity contribution in [1.29, 1.82) is 0 Å². The lowest BCUT2D eigenvalue weighted by Gasteiger charge is -2.14. The van der Waals surface area contributed by atoms with Gasteiger partial charge in [0, 0.05) is 29.6 Å². The Morgan fingerprint density at radius 2 is 2.20 bits per heavy atom. The Bertz CT molecular complexity index is 488. The number of aryl methyl sites for hydroxylation is 1. The molecular weight excluding hydrogens is 266 g/mol. The summed E-state index contributed by atoms with van der Waals surface area (Å²) in [7, 11) is 2.05. The molecule has 0 fully saturated rings. The van der Waals surface area contributed by atoms with Crippen molar-refractivity contribution in [2.24, 2.45) is 0 Å². The molecule has 0 spiro atoms. The van der Waals surface area contributed by atoms with Gasteiger partial charge in [-0.2, -0.15) is 5.10 Å². The maximum Gasteiger partial charge on any atom is 0.0640 e. The van der Waals surface area contributed by atoms with Crippen LogP contribution in [-0.2, 0) is 12.8 Å². The van der Waals surface area contributed by atoms with Gasteiger partial charge in [-0.1, -0.05) is 6.07 Å². The van der Waals surface area contributed by atoms with E-state index in [0.717, 1.165) is 6.42 Å². The van der Waals surface area contributed by atoms with Gasteiger partial charge < -0.3 is 5.32 Å². The van der Waals surface area contributed by atoms with Gasteiger partial charge in [-0.3, -0.25) is 4.68 Å². The van der Waals surface area contributed by atoms with Crippen LogP contribution in [0.1, 0.15) is 43.3 Å². The first-order chi connectivity index (χ1) is 9.69. The van der Waals surface area contributed by atoms with Gasteiger partial charge in [0.1, 0.15) is 0 Å². The fourth-order valence-corrected chi connectivity index (χ4v) is 3.10. The Morgan fingerprint density at radius 3 is 2.80 bits per heavy atom. The number of nitrogens with zero attached hydrogens (tertiary/aromatic N) is 2. The third kappa shape index (κ3) is 4.46. The lowest BCUT2D eigenvalue weighted by molar-refractivity contribution is 0.483. The first-order valence-electron chi connectivity index (χ1n) is 7.42. The van der Waals surface area contributed by atoms with E-state index >= 15 is 0 Å². The summed E-state index contributed by atoms with van der Waals surface area (Å²) in [6, 6.07) is 7.46. The number of rotatable bonds is 8. The molecule has 2 aromatic rings. The molecule has 0 aromatic carbocycles. The van der Waals surface area contributed by atoms with E-state index in [1.54, 1.807) is 0 Å². The summed E-state index contributed by atoms with van der Waals surface area (Å²) >= 11 is 1.86. The number of hydrogen-bond acceptors (Lipinski definition) is 3. The Kier molecular flexibility index (Phi) is 5.80. The van der Waals surface area contributed by atoms with Crippen LogP contribution in [0, 0.1) is 0 Å². The van der Waals surface area contributed by atoms with Gasteiger partial charge in [-0.25, -0.2) is 0 Å². The second-order valence-electron chi connectivity index (χ2n) is 5.54. The lowest BCUT2D eigenvalue weighted by Crippen LogP contribution is -2.27. The molecular formula is C16H25N3S. The topological polar surface area (TPSA) is 29.9 Å². The highest BCUT2D eigenvalue weighted by molar-refractivity contribution is 7.09. The lowest BCUT2D eigenvalue weighted by atomic mass is 10.0. The van der Waals surface area contributed by atoms with Crippen molar-refractivity contribution in [1.82, 2.24) is 15.1 Å². The van der Waals surface area contributed by atoms with E-state index in [4.69, 9.17) is 0 Å². The van der Waals surface area contributed by atoms with E-state index < -0.39 is 0 Å². The fourth-order valence-electron chi connectivity index (χ4n) is 2.35. The molecule has 3 nitrogen and oxygen atoms in total. The van der Waals surface area contributed by atoms with Crippen LogP contribution in [0.3, 0.4) is 0 Å². The summed E-state index contributed by atoms with van der Waals surface area (Å²) in [4.78, 5) is 1.49. The molecule has 0 radical (unpaired) electrons. The minimum Gasteiger partial charge on any atom is -0.317 e. The molecule has 0 aliphatic heterocycles. The Labute approximate surface area is 126 Å². The molecule has 20 heavy (non-hydrogen) atoms. The van der Waals surface area contributed by atoms with Gasteiger partial charge in [-0.15, -0.1) is 11.3 Å². The SMILES string of the molecule is CNC(CCCc1cccs1)Cc1ccn(C(C)C)n1. The second kappa shape index (κ2) is 7.60. The van der Waals surface area contributed by atoms with E-state index in [0.29, 0.717) is 12.1 Å². The molecule has 1 N–H and O–H groups in total. The number of aromatic nitrogens is 2. The van der Waals surface area contributed by atoms with Crippen molar-refractivity contribution in [2.75, 3.05) is 7.05 Å². The van der Waals surface area contributed by atoms with Crippen LogP contribution in [0.25, 0.3) is 0 Å². The van der Waals surface area contributed by atoms with Gasteiger partial charge in [0.25, 0.3) is 0 Å². The molecule has 110 valence electrons. The maximum absolute atomic E-state index is 4.63. The van der Waals surface area contributed by atoms with Crippen molar-refractivity contribution in [3.8, 4) is 0 Å². The highest BCUT2D eigenvalue weighted by atomic mass is 32.1. The van der Waals surface area contributed by atoms with Gasteiger partial charge in [0.15, 0.2) is 0 Å². The molecule has 2 aromatic heterocycles.